The number of aromatic nitrogens is 4. The highest BCUT2D eigenvalue weighted by molar-refractivity contribution is 5.93. The molecule has 0 aliphatic rings. The van der Waals surface area contributed by atoms with E-state index in [2.05, 4.69) is 20.6 Å². The molecule has 3 N–H and O–H groups in total. The Kier molecular flexibility index (Phi) is 4.08. The molecule has 27 heavy (non-hydrogen) atoms. The van der Waals surface area contributed by atoms with Crippen molar-refractivity contribution >= 4 is 28.4 Å². The maximum atomic E-state index is 12.7. The molecule has 0 fully saturated rings. The number of carbonyl (C=O) groups excluding carboxylic acids is 1. The SMILES string of the molecule is Cc1cccc(NC(=O)Cn2c(-c3nonc3N)nc3ccccc32)c1C. The quantitative estimate of drug-likeness (QED) is 0.577. The molecule has 0 atom stereocenters. The van der Waals surface area contributed by atoms with Crippen molar-refractivity contribution in [3.8, 4) is 11.5 Å². The van der Waals surface area contributed by atoms with Gasteiger partial charge in [0, 0.05) is 5.69 Å². The molecule has 8 heteroatoms. The Morgan fingerprint density at radius 3 is 2.74 bits per heavy atom. The van der Waals surface area contributed by atoms with Crippen molar-refractivity contribution in [2.45, 2.75) is 20.4 Å². The summed E-state index contributed by atoms with van der Waals surface area (Å²) >= 11 is 0. The van der Waals surface area contributed by atoms with Crippen LogP contribution in [0, 0.1) is 13.8 Å². The lowest BCUT2D eigenvalue weighted by Gasteiger charge is -2.12. The number of amides is 1. The highest BCUT2D eigenvalue weighted by atomic mass is 16.6. The smallest absolute Gasteiger partial charge is 0.244 e. The molecule has 0 aliphatic heterocycles. The molecule has 0 spiro atoms. The van der Waals surface area contributed by atoms with Crippen molar-refractivity contribution in [2.75, 3.05) is 11.1 Å². The summed E-state index contributed by atoms with van der Waals surface area (Å²) in [7, 11) is 0. The van der Waals surface area contributed by atoms with Gasteiger partial charge in [-0.3, -0.25) is 4.79 Å². The van der Waals surface area contributed by atoms with E-state index < -0.39 is 0 Å². The zero-order chi connectivity index (χ0) is 19.0. The fourth-order valence-corrected chi connectivity index (χ4v) is 2.99. The van der Waals surface area contributed by atoms with Gasteiger partial charge in [-0.15, -0.1) is 0 Å². The largest absolute Gasteiger partial charge is 0.379 e. The van der Waals surface area contributed by atoms with Crippen LogP contribution in [0.5, 0.6) is 0 Å². The Labute approximate surface area is 155 Å². The van der Waals surface area contributed by atoms with Gasteiger partial charge in [-0.25, -0.2) is 9.61 Å². The molecule has 0 aliphatic carbocycles. The van der Waals surface area contributed by atoms with E-state index in [9.17, 15) is 4.79 Å². The van der Waals surface area contributed by atoms with Gasteiger partial charge in [0.05, 0.1) is 11.0 Å². The second kappa shape index (κ2) is 6.56. The zero-order valence-electron chi connectivity index (χ0n) is 14.9. The van der Waals surface area contributed by atoms with Gasteiger partial charge < -0.3 is 15.6 Å². The molecule has 0 bridgehead atoms. The van der Waals surface area contributed by atoms with Crippen LogP contribution in [-0.2, 0) is 11.3 Å². The number of aryl methyl sites for hydroxylation is 1. The van der Waals surface area contributed by atoms with E-state index in [1.54, 1.807) is 4.57 Å². The summed E-state index contributed by atoms with van der Waals surface area (Å²) in [6.07, 6.45) is 0. The van der Waals surface area contributed by atoms with Crippen LogP contribution in [0.2, 0.25) is 0 Å². The first-order valence-corrected chi connectivity index (χ1v) is 8.44. The molecule has 2 aromatic heterocycles. The van der Waals surface area contributed by atoms with Crippen molar-refractivity contribution in [2.24, 2.45) is 0 Å². The number of nitrogens with zero attached hydrogens (tertiary/aromatic N) is 4. The monoisotopic (exact) mass is 362 g/mol. The van der Waals surface area contributed by atoms with Gasteiger partial charge in [-0.05, 0) is 53.5 Å². The number of imidazole rings is 1. The van der Waals surface area contributed by atoms with Crippen LogP contribution in [0.25, 0.3) is 22.6 Å². The van der Waals surface area contributed by atoms with E-state index in [1.807, 2.05) is 56.3 Å². The molecular weight excluding hydrogens is 344 g/mol. The van der Waals surface area contributed by atoms with Crippen LogP contribution in [0.4, 0.5) is 11.5 Å². The summed E-state index contributed by atoms with van der Waals surface area (Å²) in [5.74, 6) is 0.385. The number of fused-ring (bicyclic) bond motifs is 1. The fourth-order valence-electron chi connectivity index (χ4n) is 2.99. The van der Waals surface area contributed by atoms with Crippen LogP contribution in [0.3, 0.4) is 0 Å². The maximum Gasteiger partial charge on any atom is 0.244 e. The molecule has 4 rings (SSSR count). The normalized spacial score (nSPS) is 11.0. The zero-order valence-corrected chi connectivity index (χ0v) is 14.9. The van der Waals surface area contributed by atoms with E-state index in [1.165, 1.54) is 0 Å². The van der Waals surface area contributed by atoms with E-state index in [0.29, 0.717) is 11.5 Å². The van der Waals surface area contributed by atoms with Gasteiger partial charge >= 0.3 is 0 Å². The first kappa shape index (κ1) is 16.8. The molecule has 2 heterocycles. The number of nitrogens with two attached hydrogens (primary N) is 1. The molecule has 136 valence electrons. The number of hydrogen-bond donors (Lipinski definition) is 2. The van der Waals surface area contributed by atoms with Crippen molar-refractivity contribution in [1.29, 1.82) is 0 Å². The summed E-state index contributed by atoms with van der Waals surface area (Å²) in [4.78, 5) is 17.3. The van der Waals surface area contributed by atoms with E-state index in [4.69, 9.17) is 10.4 Å². The minimum Gasteiger partial charge on any atom is -0.379 e. The number of carbonyl (C=O) groups is 1. The molecule has 1 amide bonds. The minimum absolute atomic E-state index is 0.0511. The Hall–Kier alpha value is -3.68. The summed E-state index contributed by atoms with van der Waals surface area (Å²) in [6.45, 7) is 4.03. The minimum atomic E-state index is -0.178. The number of benzene rings is 2. The van der Waals surface area contributed by atoms with Gasteiger partial charge in [-0.1, -0.05) is 24.3 Å². The second-order valence-electron chi connectivity index (χ2n) is 6.30. The van der Waals surface area contributed by atoms with Gasteiger partial charge in [0.25, 0.3) is 0 Å². The Morgan fingerprint density at radius 1 is 1.15 bits per heavy atom. The summed E-state index contributed by atoms with van der Waals surface area (Å²) in [5.41, 5.74) is 10.6. The summed E-state index contributed by atoms with van der Waals surface area (Å²) in [6, 6.07) is 13.3. The maximum absolute atomic E-state index is 12.7. The van der Waals surface area contributed by atoms with Crippen molar-refractivity contribution in [3.05, 3.63) is 53.6 Å². The standard InChI is InChI=1S/C19H18N6O2/c1-11-6-5-8-13(12(11)2)21-16(26)10-25-15-9-4-3-7-14(15)22-19(25)17-18(20)24-27-23-17/h3-9H,10H2,1-2H3,(H2,20,24)(H,21,26). The third-order valence-corrected chi connectivity index (χ3v) is 4.56. The Bertz CT molecular complexity index is 1140. The molecule has 0 unspecified atom stereocenters. The lowest BCUT2D eigenvalue weighted by molar-refractivity contribution is -0.116. The Morgan fingerprint density at radius 2 is 1.96 bits per heavy atom. The van der Waals surface area contributed by atoms with Gasteiger partial charge in [-0.2, -0.15) is 0 Å². The lowest BCUT2D eigenvalue weighted by atomic mass is 10.1. The van der Waals surface area contributed by atoms with Crippen molar-refractivity contribution < 1.29 is 9.42 Å². The van der Waals surface area contributed by atoms with Crippen LogP contribution < -0.4 is 11.1 Å². The third-order valence-electron chi connectivity index (χ3n) is 4.56. The van der Waals surface area contributed by atoms with Gasteiger partial charge in [0.1, 0.15) is 6.54 Å². The lowest BCUT2D eigenvalue weighted by Crippen LogP contribution is -2.20. The number of nitrogens with one attached hydrogen (secondary N) is 1. The van der Waals surface area contributed by atoms with Gasteiger partial charge in [0.15, 0.2) is 17.3 Å². The van der Waals surface area contributed by atoms with E-state index >= 15 is 0 Å². The number of hydrogen-bond acceptors (Lipinski definition) is 6. The molecule has 0 radical (unpaired) electrons. The number of para-hydroxylation sites is 2. The first-order chi connectivity index (χ1) is 13.0. The molecular formula is C19H18N6O2. The molecule has 4 aromatic rings. The number of nitrogen functional groups attached to an aromatic ring is 1. The number of anilines is 2. The molecule has 8 nitrogen and oxygen atoms in total. The molecule has 2 aromatic carbocycles. The van der Waals surface area contributed by atoms with E-state index in [0.717, 1.165) is 27.8 Å². The van der Waals surface area contributed by atoms with Gasteiger partial charge in [0.2, 0.25) is 5.91 Å². The Balaban J connectivity index is 1.72. The average molecular weight is 362 g/mol. The molecule has 0 saturated carbocycles. The fraction of sp³-hybridized carbons (Fsp3) is 0.158. The third kappa shape index (κ3) is 3.01. The average Bonchev–Trinajstić information content (AvgIpc) is 3.22. The van der Waals surface area contributed by atoms with Crippen LogP contribution >= 0.6 is 0 Å². The van der Waals surface area contributed by atoms with Crippen LogP contribution in [0.1, 0.15) is 11.1 Å². The highest BCUT2D eigenvalue weighted by Gasteiger charge is 2.20. The summed E-state index contributed by atoms with van der Waals surface area (Å²) in [5, 5.41) is 10.4. The van der Waals surface area contributed by atoms with Crippen LogP contribution in [-0.4, -0.2) is 25.8 Å². The first-order valence-electron chi connectivity index (χ1n) is 8.44. The summed E-state index contributed by atoms with van der Waals surface area (Å²) < 4.78 is 6.46. The second-order valence-corrected chi connectivity index (χ2v) is 6.30. The topological polar surface area (TPSA) is 112 Å². The highest BCUT2D eigenvalue weighted by Crippen LogP contribution is 2.26. The number of rotatable bonds is 4. The molecule has 0 saturated heterocycles. The predicted molar refractivity (Wildman–Crippen MR) is 102 cm³/mol. The van der Waals surface area contributed by atoms with Crippen LogP contribution in [0.15, 0.2) is 47.1 Å². The predicted octanol–water partition coefficient (Wildman–Crippen LogP) is 2.92. The van der Waals surface area contributed by atoms with Crippen molar-refractivity contribution in [3.63, 3.8) is 0 Å². The van der Waals surface area contributed by atoms with E-state index in [-0.39, 0.29) is 18.3 Å². The van der Waals surface area contributed by atoms with Crippen molar-refractivity contribution in [1.82, 2.24) is 19.9 Å².